The van der Waals surface area contributed by atoms with Gasteiger partial charge in [-0.15, -0.1) is 0 Å². The zero-order valence-electron chi connectivity index (χ0n) is 13.4. The number of nitrogens with one attached hydrogen (secondary N) is 2. The van der Waals surface area contributed by atoms with E-state index >= 15 is 0 Å². The molecule has 0 spiro atoms. The summed E-state index contributed by atoms with van der Waals surface area (Å²) in [5, 5.41) is 20.6. The van der Waals surface area contributed by atoms with Crippen LogP contribution in [0.25, 0.3) is 10.9 Å². The Morgan fingerprint density at radius 3 is 2.68 bits per heavy atom. The molecule has 0 aliphatic carbocycles. The molecule has 3 rings (SSSR count). The molecule has 0 atom stereocenters. The van der Waals surface area contributed by atoms with Crippen LogP contribution in [0.4, 0.5) is 11.4 Å². The molecule has 9 nitrogen and oxygen atoms in total. The highest BCUT2D eigenvalue weighted by Gasteiger charge is 2.18. The van der Waals surface area contributed by atoms with Gasteiger partial charge in [0.25, 0.3) is 11.6 Å². The number of amides is 1. The van der Waals surface area contributed by atoms with Crippen molar-refractivity contribution in [2.24, 2.45) is 0 Å². The SMILES string of the molecule is COc1ccc(NC(=O)c2n[nH]c3ccc([N+](=O)[O-])cc23)c(OC)c1. The fourth-order valence-corrected chi connectivity index (χ4v) is 2.37. The molecular weight excluding hydrogens is 328 g/mol. The van der Waals surface area contributed by atoms with Gasteiger partial charge in [-0.3, -0.25) is 20.0 Å². The van der Waals surface area contributed by atoms with Crippen molar-refractivity contribution in [1.29, 1.82) is 0 Å². The van der Waals surface area contributed by atoms with Gasteiger partial charge >= 0.3 is 0 Å². The van der Waals surface area contributed by atoms with Crippen LogP contribution in [-0.4, -0.2) is 35.2 Å². The molecule has 0 bridgehead atoms. The number of fused-ring (bicyclic) bond motifs is 1. The second kappa shape index (κ2) is 6.48. The number of rotatable bonds is 5. The molecule has 1 aromatic heterocycles. The van der Waals surface area contributed by atoms with E-state index in [0.717, 1.165) is 0 Å². The van der Waals surface area contributed by atoms with E-state index in [1.54, 1.807) is 18.2 Å². The molecule has 128 valence electrons. The van der Waals surface area contributed by atoms with Crippen LogP contribution in [0.3, 0.4) is 0 Å². The Hall–Kier alpha value is -3.62. The summed E-state index contributed by atoms with van der Waals surface area (Å²) in [4.78, 5) is 22.9. The Labute approximate surface area is 141 Å². The van der Waals surface area contributed by atoms with E-state index in [9.17, 15) is 14.9 Å². The number of hydrogen-bond donors (Lipinski definition) is 2. The van der Waals surface area contributed by atoms with E-state index in [1.165, 1.54) is 32.4 Å². The van der Waals surface area contributed by atoms with Crippen molar-refractivity contribution in [3.8, 4) is 11.5 Å². The standard InChI is InChI=1S/C16H14N4O5/c1-24-10-4-6-13(14(8-10)25-2)17-16(21)15-11-7-9(20(22)23)3-5-12(11)18-19-15/h3-8H,1-2H3,(H,17,21)(H,18,19). The summed E-state index contributed by atoms with van der Waals surface area (Å²) in [6.45, 7) is 0. The van der Waals surface area contributed by atoms with Crippen LogP contribution in [0.2, 0.25) is 0 Å². The summed E-state index contributed by atoms with van der Waals surface area (Å²) >= 11 is 0. The fourth-order valence-electron chi connectivity index (χ4n) is 2.37. The van der Waals surface area contributed by atoms with Crippen LogP contribution in [-0.2, 0) is 0 Å². The number of methoxy groups -OCH3 is 2. The molecule has 0 aliphatic rings. The fraction of sp³-hybridized carbons (Fsp3) is 0.125. The van der Waals surface area contributed by atoms with Gasteiger partial charge in [0.2, 0.25) is 0 Å². The molecule has 2 N–H and O–H groups in total. The number of ether oxygens (including phenoxy) is 2. The zero-order valence-corrected chi connectivity index (χ0v) is 13.4. The second-order valence-corrected chi connectivity index (χ2v) is 5.08. The van der Waals surface area contributed by atoms with Gasteiger partial charge in [-0.1, -0.05) is 0 Å². The minimum atomic E-state index is -0.527. The lowest BCUT2D eigenvalue weighted by molar-refractivity contribution is -0.384. The number of hydrogen-bond acceptors (Lipinski definition) is 6. The van der Waals surface area contributed by atoms with Crippen LogP contribution >= 0.6 is 0 Å². The quantitative estimate of drug-likeness (QED) is 0.543. The van der Waals surface area contributed by atoms with E-state index in [1.807, 2.05) is 0 Å². The summed E-state index contributed by atoms with van der Waals surface area (Å²) in [7, 11) is 2.99. The summed E-state index contributed by atoms with van der Waals surface area (Å²) in [6.07, 6.45) is 0. The number of nitrogens with zero attached hydrogens (tertiary/aromatic N) is 2. The topological polar surface area (TPSA) is 119 Å². The Balaban J connectivity index is 1.95. The average Bonchev–Trinajstić information content (AvgIpc) is 3.05. The number of nitro benzene ring substituents is 1. The normalized spacial score (nSPS) is 10.5. The number of anilines is 1. The molecule has 2 aromatic carbocycles. The third kappa shape index (κ3) is 3.07. The van der Waals surface area contributed by atoms with Crippen LogP contribution in [0.5, 0.6) is 11.5 Å². The molecule has 1 amide bonds. The largest absolute Gasteiger partial charge is 0.497 e. The van der Waals surface area contributed by atoms with Crippen LogP contribution in [0, 0.1) is 10.1 Å². The zero-order chi connectivity index (χ0) is 18.0. The van der Waals surface area contributed by atoms with Crippen molar-refractivity contribution in [2.45, 2.75) is 0 Å². The molecule has 0 saturated carbocycles. The van der Waals surface area contributed by atoms with Gasteiger partial charge in [0.15, 0.2) is 5.69 Å². The van der Waals surface area contributed by atoms with Gasteiger partial charge in [-0.05, 0) is 18.2 Å². The Kier molecular flexibility index (Phi) is 4.21. The number of nitro groups is 1. The van der Waals surface area contributed by atoms with E-state index < -0.39 is 10.8 Å². The van der Waals surface area contributed by atoms with Gasteiger partial charge in [0.05, 0.1) is 30.3 Å². The Morgan fingerprint density at radius 2 is 2.00 bits per heavy atom. The lowest BCUT2D eigenvalue weighted by Crippen LogP contribution is -2.13. The monoisotopic (exact) mass is 342 g/mol. The first kappa shape index (κ1) is 16.2. The van der Waals surface area contributed by atoms with Gasteiger partial charge in [0, 0.05) is 23.6 Å². The highest BCUT2D eigenvalue weighted by Crippen LogP contribution is 2.30. The molecule has 3 aromatic rings. The van der Waals surface area contributed by atoms with Crippen molar-refractivity contribution in [1.82, 2.24) is 10.2 Å². The van der Waals surface area contributed by atoms with Crippen LogP contribution in [0.1, 0.15) is 10.5 Å². The summed E-state index contributed by atoms with van der Waals surface area (Å²) in [5.41, 5.74) is 0.883. The minimum Gasteiger partial charge on any atom is -0.497 e. The van der Waals surface area contributed by atoms with Crippen molar-refractivity contribution in [2.75, 3.05) is 19.5 Å². The minimum absolute atomic E-state index is 0.0524. The first-order valence-electron chi connectivity index (χ1n) is 7.19. The average molecular weight is 342 g/mol. The summed E-state index contributed by atoms with van der Waals surface area (Å²) < 4.78 is 10.3. The number of aromatic amines is 1. The molecule has 25 heavy (non-hydrogen) atoms. The van der Waals surface area contributed by atoms with E-state index in [0.29, 0.717) is 28.1 Å². The van der Waals surface area contributed by atoms with Crippen molar-refractivity contribution < 1.29 is 19.2 Å². The molecule has 0 radical (unpaired) electrons. The molecule has 1 heterocycles. The molecule has 0 unspecified atom stereocenters. The van der Waals surface area contributed by atoms with Crippen molar-refractivity contribution in [3.63, 3.8) is 0 Å². The number of H-pyrrole nitrogens is 1. The smallest absolute Gasteiger partial charge is 0.276 e. The lowest BCUT2D eigenvalue weighted by atomic mass is 10.1. The van der Waals surface area contributed by atoms with E-state index in [2.05, 4.69) is 15.5 Å². The maximum atomic E-state index is 12.5. The summed E-state index contributed by atoms with van der Waals surface area (Å²) in [5.74, 6) is 0.476. The molecular formula is C16H14N4O5. The number of carbonyl (C=O) groups is 1. The second-order valence-electron chi connectivity index (χ2n) is 5.08. The number of aromatic nitrogens is 2. The predicted octanol–water partition coefficient (Wildman–Crippen LogP) is 2.74. The van der Waals surface area contributed by atoms with E-state index in [4.69, 9.17) is 9.47 Å². The third-order valence-corrected chi connectivity index (χ3v) is 3.63. The molecule has 0 saturated heterocycles. The van der Waals surface area contributed by atoms with Crippen molar-refractivity contribution in [3.05, 3.63) is 52.2 Å². The Bertz CT molecular complexity index is 966. The van der Waals surface area contributed by atoms with Gasteiger partial charge in [0.1, 0.15) is 11.5 Å². The van der Waals surface area contributed by atoms with Gasteiger partial charge < -0.3 is 14.8 Å². The highest BCUT2D eigenvalue weighted by molar-refractivity contribution is 6.11. The summed E-state index contributed by atoms with van der Waals surface area (Å²) in [6, 6.07) is 9.08. The van der Waals surface area contributed by atoms with E-state index in [-0.39, 0.29) is 11.4 Å². The predicted molar refractivity (Wildman–Crippen MR) is 90.2 cm³/mol. The molecule has 0 aliphatic heterocycles. The number of carbonyl (C=O) groups excluding carboxylic acids is 1. The number of benzene rings is 2. The van der Waals surface area contributed by atoms with Crippen molar-refractivity contribution >= 4 is 28.2 Å². The maximum absolute atomic E-state index is 12.5. The van der Waals surface area contributed by atoms with Crippen LogP contribution in [0.15, 0.2) is 36.4 Å². The Morgan fingerprint density at radius 1 is 1.20 bits per heavy atom. The lowest BCUT2D eigenvalue weighted by Gasteiger charge is -2.11. The highest BCUT2D eigenvalue weighted by atomic mass is 16.6. The van der Waals surface area contributed by atoms with Gasteiger partial charge in [-0.25, -0.2) is 0 Å². The third-order valence-electron chi connectivity index (χ3n) is 3.63. The van der Waals surface area contributed by atoms with Gasteiger partial charge in [-0.2, -0.15) is 5.10 Å². The van der Waals surface area contributed by atoms with Crippen LogP contribution < -0.4 is 14.8 Å². The first-order chi connectivity index (χ1) is 12.0. The molecule has 0 fully saturated rings. The maximum Gasteiger partial charge on any atom is 0.276 e. The molecule has 9 heteroatoms. The first-order valence-corrected chi connectivity index (χ1v) is 7.19. The number of non-ortho nitro benzene ring substituents is 1.